The van der Waals surface area contributed by atoms with Crippen molar-refractivity contribution in [3.8, 4) is 11.5 Å². The summed E-state index contributed by atoms with van der Waals surface area (Å²) < 4.78 is 11.6. The lowest BCUT2D eigenvalue weighted by molar-refractivity contribution is -0.114. The van der Waals surface area contributed by atoms with Crippen LogP contribution in [0.3, 0.4) is 0 Å². The first-order valence-corrected chi connectivity index (χ1v) is 10.6. The molecule has 0 aromatic heterocycles. The van der Waals surface area contributed by atoms with Crippen molar-refractivity contribution in [3.05, 3.63) is 84.4 Å². The summed E-state index contributed by atoms with van der Waals surface area (Å²) in [7, 11) is 0. The van der Waals surface area contributed by atoms with Gasteiger partial charge in [0, 0.05) is 5.69 Å². The molecule has 2 N–H and O–H groups in total. The van der Waals surface area contributed by atoms with Gasteiger partial charge in [-0.05, 0) is 54.3 Å². The highest BCUT2D eigenvalue weighted by molar-refractivity contribution is 5.95. The van der Waals surface area contributed by atoms with E-state index in [1.54, 1.807) is 0 Å². The second-order valence-electron chi connectivity index (χ2n) is 7.73. The normalized spacial score (nSPS) is 10.5. The third-order valence-electron chi connectivity index (χ3n) is 4.67. The summed E-state index contributed by atoms with van der Waals surface area (Å²) in [4.78, 5) is 12.4. The number of hydrogen-bond acceptors (Lipinski definition) is 4. The van der Waals surface area contributed by atoms with E-state index in [-0.39, 0.29) is 12.5 Å². The van der Waals surface area contributed by atoms with Crippen molar-refractivity contribution in [2.45, 2.75) is 26.9 Å². The highest BCUT2D eigenvalue weighted by Gasteiger charge is 2.08. The van der Waals surface area contributed by atoms with Gasteiger partial charge in [-0.1, -0.05) is 56.3 Å². The predicted molar refractivity (Wildman–Crippen MR) is 126 cm³/mol. The van der Waals surface area contributed by atoms with Crippen molar-refractivity contribution in [3.63, 3.8) is 0 Å². The van der Waals surface area contributed by atoms with Crippen LogP contribution in [0.5, 0.6) is 11.5 Å². The molecule has 0 saturated heterocycles. The summed E-state index contributed by atoms with van der Waals surface area (Å²) in [6.45, 7) is 5.65. The quantitative estimate of drug-likeness (QED) is 0.417. The molecule has 3 aromatic rings. The van der Waals surface area contributed by atoms with Crippen LogP contribution < -0.4 is 20.1 Å². The second kappa shape index (κ2) is 11.6. The minimum absolute atomic E-state index is 0.145. The zero-order valence-electron chi connectivity index (χ0n) is 18.1. The first-order chi connectivity index (χ1) is 15.1. The molecule has 3 rings (SSSR count). The van der Waals surface area contributed by atoms with E-state index in [1.807, 2.05) is 78.9 Å². The average Bonchev–Trinajstić information content (AvgIpc) is 2.78. The Morgan fingerprint density at radius 1 is 0.871 bits per heavy atom. The number of carbonyl (C=O) groups is 1. The topological polar surface area (TPSA) is 59.6 Å². The van der Waals surface area contributed by atoms with Gasteiger partial charge in [-0.3, -0.25) is 4.79 Å². The third-order valence-corrected chi connectivity index (χ3v) is 4.67. The highest BCUT2D eigenvalue weighted by atomic mass is 16.5. The summed E-state index contributed by atoms with van der Waals surface area (Å²) in [6.07, 6.45) is 1.02. The zero-order chi connectivity index (χ0) is 21.9. The van der Waals surface area contributed by atoms with Crippen LogP contribution in [-0.2, 0) is 11.4 Å². The van der Waals surface area contributed by atoms with Crippen molar-refractivity contribution >= 4 is 17.3 Å². The minimum atomic E-state index is -0.145. The van der Waals surface area contributed by atoms with Crippen molar-refractivity contribution in [1.29, 1.82) is 0 Å². The van der Waals surface area contributed by atoms with Gasteiger partial charge < -0.3 is 20.1 Å². The lowest BCUT2D eigenvalue weighted by Crippen LogP contribution is -2.22. The molecule has 0 spiro atoms. The van der Waals surface area contributed by atoms with E-state index < -0.39 is 0 Å². The van der Waals surface area contributed by atoms with E-state index in [9.17, 15) is 4.79 Å². The Labute approximate surface area is 184 Å². The Balaban J connectivity index is 1.47. The van der Waals surface area contributed by atoms with Gasteiger partial charge in [0.1, 0.15) is 18.1 Å². The van der Waals surface area contributed by atoms with Gasteiger partial charge in [0.15, 0.2) is 0 Å². The van der Waals surface area contributed by atoms with Gasteiger partial charge in [0.2, 0.25) is 5.91 Å². The van der Waals surface area contributed by atoms with Crippen molar-refractivity contribution < 1.29 is 14.3 Å². The monoisotopic (exact) mass is 418 g/mol. The van der Waals surface area contributed by atoms with E-state index in [0.717, 1.165) is 23.4 Å². The Bertz CT molecular complexity index is 940. The maximum Gasteiger partial charge on any atom is 0.243 e. The number of anilines is 2. The molecule has 5 nitrogen and oxygen atoms in total. The van der Waals surface area contributed by atoms with E-state index in [1.165, 1.54) is 0 Å². The molecule has 0 aliphatic carbocycles. The molecule has 1 amide bonds. The van der Waals surface area contributed by atoms with Crippen molar-refractivity contribution in [2.24, 2.45) is 5.92 Å². The molecular formula is C26H30N2O3. The second-order valence-corrected chi connectivity index (χ2v) is 7.73. The first-order valence-electron chi connectivity index (χ1n) is 10.6. The smallest absolute Gasteiger partial charge is 0.243 e. The Kier molecular flexibility index (Phi) is 8.35. The number of rotatable bonds is 11. The highest BCUT2D eigenvalue weighted by Crippen LogP contribution is 2.25. The summed E-state index contributed by atoms with van der Waals surface area (Å²) in [5.74, 6) is 1.95. The van der Waals surface area contributed by atoms with Crippen LogP contribution >= 0.6 is 0 Å². The van der Waals surface area contributed by atoms with Gasteiger partial charge in [-0.15, -0.1) is 0 Å². The van der Waals surface area contributed by atoms with E-state index >= 15 is 0 Å². The summed E-state index contributed by atoms with van der Waals surface area (Å²) in [5, 5.41) is 6.05. The molecule has 0 unspecified atom stereocenters. The van der Waals surface area contributed by atoms with Crippen LogP contribution in [0.2, 0.25) is 0 Å². The predicted octanol–water partition coefficient (Wildman–Crippen LogP) is 5.74. The summed E-state index contributed by atoms with van der Waals surface area (Å²) in [6, 6.07) is 25.0. The van der Waals surface area contributed by atoms with Crippen molar-refractivity contribution in [1.82, 2.24) is 0 Å². The molecule has 0 aliphatic rings. The number of carbonyl (C=O) groups excluding carboxylic acids is 1. The molecule has 0 radical (unpaired) electrons. The third kappa shape index (κ3) is 7.70. The maximum absolute atomic E-state index is 12.4. The van der Waals surface area contributed by atoms with Crippen molar-refractivity contribution in [2.75, 3.05) is 23.8 Å². The van der Waals surface area contributed by atoms with Crippen LogP contribution in [-0.4, -0.2) is 19.1 Å². The van der Waals surface area contributed by atoms with Gasteiger partial charge in [-0.25, -0.2) is 0 Å². The number of benzene rings is 3. The number of hydrogen-bond donors (Lipinski definition) is 2. The molecule has 3 aromatic carbocycles. The Morgan fingerprint density at radius 3 is 2.32 bits per heavy atom. The van der Waals surface area contributed by atoms with Crippen LogP contribution in [0.1, 0.15) is 25.8 Å². The van der Waals surface area contributed by atoms with E-state index in [2.05, 4.69) is 24.5 Å². The number of nitrogens with one attached hydrogen (secondary N) is 2. The largest absolute Gasteiger partial charge is 0.494 e. The van der Waals surface area contributed by atoms with Crippen LogP contribution in [0.15, 0.2) is 78.9 Å². The Morgan fingerprint density at radius 2 is 1.58 bits per heavy atom. The van der Waals surface area contributed by atoms with Crippen LogP contribution in [0, 0.1) is 5.92 Å². The minimum Gasteiger partial charge on any atom is -0.494 e. The Hall–Kier alpha value is -3.47. The van der Waals surface area contributed by atoms with Gasteiger partial charge >= 0.3 is 0 Å². The standard InChI is InChI=1S/C26H30N2O3/c1-20(2)16-17-30-23-14-12-22(13-15-23)27-18-26(29)28-24-10-6-7-11-25(24)31-19-21-8-4-3-5-9-21/h3-15,20,27H,16-19H2,1-2H3,(H,28,29). The van der Waals surface area contributed by atoms with Gasteiger partial charge in [-0.2, -0.15) is 0 Å². The van der Waals surface area contributed by atoms with E-state index in [0.29, 0.717) is 30.6 Å². The molecule has 31 heavy (non-hydrogen) atoms. The summed E-state index contributed by atoms with van der Waals surface area (Å²) in [5.41, 5.74) is 2.58. The zero-order valence-corrected chi connectivity index (χ0v) is 18.1. The molecule has 5 heteroatoms. The fraction of sp³-hybridized carbons (Fsp3) is 0.269. The fourth-order valence-electron chi connectivity index (χ4n) is 2.89. The number of ether oxygens (including phenoxy) is 2. The fourth-order valence-corrected chi connectivity index (χ4v) is 2.89. The molecular weight excluding hydrogens is 388 g/mol. The molecule has 0 fully saturated rings. The van der Waals surface area contributed by atoms with Gasteiger partial charge in [0.05, 0.1) is 18.8 Å². The average molecular weight is 419 g/mol. The first kappa shape index (κ1) is 22.2. The van der Waals surface area contributed by atoms with Crippen LogP contribution in [0.4, 0.5) is 11.4 Å². The number of para-hydroxylation sites is 2. The van der Waals surface area contributed by atoms with Gasteiger partial charge in [0.25, 0.3) is 0 Å². The van der Waals surface area contributed by atoms with E-state index in [4.69, 9.17) is 9.47 Å². The molecule has 0 heterocycles. The maximum atomic E-state index is 12.4. The molecule has 0 atom stereocenters. The van der Waals surface area contributed by atoms with Crippen LogP contribution in [0.25, 0.3) is 0 Å². The molecule has 162 valence electrons. The molecule has 0 saturated carbocycles. The molecule has 0 bridgehead atoms. The molecule has 0 aliphatic heterocycles. The lowest BCUT2D eigenvalue weighted by Gasteiger charge is -2.13. The number of amides is 1. The summed E-state index contributed by atoms with van der Waals surface area (Å²) >= 11 is 0. The lowest BCUT2D eigenvalue weighted by atomic mass is 10.1. The SMILES string of the molecule is CC(C)CCOc1ccc(NCC(=O)Nc2ccccc2OCc2ccccc2)cc1.